The summed E-state index contributed by atoms with van der Waals surface area (Å²) in [7, 11) is 2.88. The van der Waals surface area contributed by atoms with E-state index in [2.05, 4.69) is 15.6 Å². The van der Waals surface area contributed by atoms with Gasteiger partial charge in [0.2, 0.25) is 0 Å². The van der Waals surface area contributed by atoms with E-state index in [-0.39, 0.29) is 13.1 Å². The van der Waals surface area contributed by atoms with Crippen molar-refractivity contribution in [2.45, 2.75) is 25.3 Å². The van der Waals surface area contributed by atoms with Crippen LogP contribution in [0.25, 0.3) is 0 Å². The molecule has 148 valence electrons. The number of aliphatic imine (C=N–C) groups is 1. The van der Waals surface area contributed by atoms with Crippen LogP contribution in [0.5, 0.6) is 0 Å². The van der Waals surface area contributed by atoms with E-state index in [0.717, 1.165) is 12.1 Å². The first-order valence-electron chi connectivity index (χ1n) is 7.87. The van der Waals surface area contributed by atoms with Crippen LogP contribution in [0.1, 0.15) is 17.5 Å². The summed E-state index contributed by atoms with van der Waals surface area (Å²) in [6, 6.07) is 4.93. The lowest BCUT2D eigenvalue weighted by molar-refractivity contribution is -0.143. The number of hydrogen-bond acceptors (Lipinski definition) is 2. The van der Waals surface area contributed by atoms with Gasteiger partial charge in [-0.05, 0) is 37.7 Å². The molecule has 0 radical (unpaired) electrons. The average molecular weight is 384 g/mol. The zero-order chi connectivity index (χ0) is 19.8. The van der Waals surface area contributed by atoms with E-state index in [9.17, 15) is 26.3 Å². The fourth-order valence-electron chi connectivity index (χ4n) is 2.20. The smallest absolute Gasteiger partial charge is 0.356 e. The predicted molar refractivity (Wildman–Crippen MR) is 87.8 cm³/mol. The summed E-state index contributed by atoms with van der Waals surface area (Å²) < 4.78 is 74.6. The molecule has 0 spiro atoms. The minimum absolute atomic E-state index is 0.136. The Morgan fingerprint density at radius 3 is 2.38 bits per heavy atom. The molecule has 0 aliphatic rings. The van der Waals surface area contributed by atoms with Crippen molar-refractivity contribution in [3.8, 4) is 0 Å². The molecular weight excluding hydrogens is 362 g/mol. The van der Waals surface area contributed by atoms with Crippen molar-refractivity contribution >= 4 is 5.96 Å². The predicted octanol–water partition coefficient (Wildman–Crippen LogP) is 3.25. The molecule has 10 heteroatoms. The Morgan fingerprint density at radius 1 is 1.12 bits per heavy atom. The van der Waals surface area contributed by atoms with Crippen LogP contribution in [-0.4, -0.2) is 50.8 Å². The zero-order valence-corrected chi connectivity index (χ0v) is 14.5. The molecule has 0 aliphatic carbocycles. The number of nitrogens with one attached hydrogen (secondary N) is 2. The molecule has 1 rings (SSSR count). The quantitative estimate of drug-likeness (QED) is 0.328. The van der Waals surface area contributed by atoms with Crippen LogP contribution in [0.15, 0.2) is 29.3 Å². The Hall–Kier alpha value is -1.97. The lowest BCUT2D eigenvalue weighted by Crippen LogP contribution is -2.39. The van der Waals surface area contributed by atoms with Crippen LogP contribution < -0.4 is 10.6 Å². The van der Waals surface area contributed by atoms with Gasteiger partial charge in [-0.1, -0.05) is 12.1 Å². The number of nitrogens with zero attached hydrogens (tertiary/aromatic N) is 2. The molecule has 0 unspecified atom stereocenters. The van der Waals surface area contributed by atoms with E-state index in [4.69, 9.17) is 0 Å². The number of halogens is 6. The Labute approximate surface area is 148 Å². The van der Waals surface area contributed by atoms with Crippen LogP contribution >= 0.6 is 0 Å². The highest BCUT2D eigenvalue weighted by atomic mass is 19.4. The minimum atomic E-state index is -4.40. The lowest BCUT2D eigenvalue weighted by atomic mass is 10.1. The molecule has 2 N–H and O–H groups in total. The SMILES string of the molecule is CN=C(NCCCN(C)CC(F)(F)F)NCc1cccc(C(F)(F)F)c1. The first kappa shape index (κ1) is 22.1. The van der Waals surface area contributed by atoms with Crippen LogP contribution in [0.2, 0.25) is 0 Å². The van der Waals surface area contributed by atoms with E-state index < -0.39 is 24.5 Å². The third kappa shape index (κ3) is 8.93. The summed E-state index contributed by atoms with van der Waals surface area (Å²) in [5, 5.41) is 5.78. The van der Waals surface area contributed by atoms with Gasteiger partial charge in [0, 0.05) is 20.1 Å². The average Bonchev–Trinajstić information content (AvgIpc) is 2.52. The van der Waals surface area contributed by atoms with Gasteiger partial charge in [0.1, 0.15) is 0 Å². The molecule has 0 amide bonds. The summed E-state index contributed by atoms with van der Waals surface area (Å²) in [4.78, 5) is 5.10. The van der Waals surface area contributed by atoms with Crippen molar-refractivity contribution in [3.05, 3.63) is 35.4 Å². The number of guanidine groups is 1. The molecule has 1 aromatic carbocycles. The maximum Gasteiger partial charge on any atom is 0.416 e. The van der Waals surface area contributed by atoms with Crippen LogP contribution in [0.3, 0.4) is 0 Å². The van der Waals surface area contributed by atoms with E-state index in [0.29, 0.717) is 24.5 Å². The fourth-order valence-corrected chi connectivity index (χ4v) is 2.20. The molecule has 0 aliphatic heterocycles. The lowest BCUT2D eigenvalue weighted by Gasteiger charge is -2.19. The fraction of sp³-hybridized carbons (Fsp3) is 0.562. The van der Waals surface area contributed by atoms with Crippen molar-refractivity contribution in [2.24, 2.45) is 4.99 Å². The Balaban J connectivity index is 2.38. The molecule has 0 saturated carbocycles. The molecule has 0 atom stereocenters. The Bertz CT molecular complexity index is 583. The van der Waals surface area contributed by atoms with Crippen molar-refractivity contribution < 1.29 is 26.3 Å². The topological polar surface area (TPSA) is 39.7 Å². The van der Waals surface area contributed by atoms with Crippen LogP contribution in [0.4, 0.5) is 26.3 Å². The highest BCUT2D eigenvalue weighted by molar-refractivity contribution is 5.79. The van der Waals surface area contributed by atoms with Crippen LogP contribution in [0, 0.1) is 0 Å². The largest absolute Gasteiger partial charge is 0.416 e. The normalized spacial score (nSPS) is 13.2. The molecule has 0 aromatic heterocycles. The zero-order valence-electron chi connectivity index (χ0n) is 14.5. The van der Waals surface area contributed by atoms with Crippen molar-refractivity contribution in [2.75, 3.05) is 33.7 Å². The van der Waals surface area contributed by atoms with Gasteiger partial charge in [-0.2, -0.15) is 26.3 Å². The van der Waals surface area contributed by atoms with E-state index >= 15 is 0 Å². The van der Waals surface area contributed by atoms with Gasteiger partial charge in [-0.25, -0.2) is 0 Å². The third-order valence-electron chi connectivity index (χ3n) is 3.40. The maximum atomic E-state index is 12.7. The van der Waals surface area contributed by atoms with Crippen LogP contribution in [-0.2, 0) is 12.7 Å². The second kappa shape index (κ2) is 9.65. The number of alkyl halides is 6. The Kier molecular flexibility index (Phi) is 8.19. The van der Waals surface area contributed by atoms with Gasteiger partial charge in [0.05, 0.1) is 12.1 Å². The van der Waals surface area contributed by atoms with Gasteiger partial charge in [0.25, 0.3) is 0 Å². The summed E-state index contributed by atoms with van der Waals surface area (Å²) in [5.74, 6) is 0.362. The highest BCUT2D eigenvalue weighted by Crippen LogP contribution is 2.29. The molecule has 4 nitrogen and oxygen atoms in total. The standard InChI is InChI=1S/C16H22F6N4/c1-23-14(24-7-4-8-26(2)11-15(17,18)19)25-10-12-5-3-6-13(9-12)16(20,21)22/h3,5-6,9H,4,7-8,10-11H2,1-2H3,(H2,23,24,25). The third-order valence-corrected chi connectivity index (χ3v) is 3.40. The first-order chi connectivity index (χ1) is 12.0. The monoisotopic (exact) mass is 384 g/mol. The summed E-state index contributed by atoms with van der Waals surface area (Å²) in [6.07, 6.45) is -8.18. The summed E-state index contributed by atoms with van der Waals surface area (Å²) >= 11 is 0. The van der Waals surface area contributed by atoms with Crippen molar-refractivity contribution in [3.63, 3.8) is 0 Å². The number of benzene rings is 1. The van der Waals surface area contributed by atoms with Crippen molar-refractivity contribution in [1.29, 1.82) is 0 Å². The second-order valence-corrected chi connectivity index (χ2v) is 5.76. The maximum absolute atomic E-state index is 12.7. The second-order valence-electron chi connectivity index (χ2n) is 5.76. The van der Waals surface area contributed by atoms with E-state index in [1.54, 1.807) is 6.07 Å². The van der Waals surface area contributed by atoms with Gasteiger partial charge in [-0.3, -0.25) is 9.89 Å². The first-order valence-corrected chi connectivity index (χ1v) is 7.87. The summed E-state index contributed by atoms with van der Waals surface area (Å²) in [6.45, 7) is -0.214. The molecular formula is C16H22F6N4. The van der Waals surface area contributed by atoms with Gasteiger partial charge < -0.3 is 10.6 Å². The molecule has 26 heavy (non-hydrogen) atoms. The molecule has 0 saturated heterocycles. The number of rotatable bonds is 7. The van der Waals surface area contributed by atoms with Gasteiger partial charge in [-0.15, -0.1) is 0 Å². The van der Waals surface area contributed by atoms with Gasteiger partial charge >= 0.3 is 12.4 Å². The molecule has 0 heterocycles. The van der Waals surface area contributed by atoms with E-state index in [1.807, 2.05) is 0 Å². The van der Waals surface area contributed by atoms with Gasteiger partial charge in [0.15, 0.2) is 5.96 Å². The van der Waals surface area contributed by atoms with Crippen molar-refractivity contribution in [1.82, 2.24) is 15.5 Å². The van der Waals surface area contributed by atoms with E-state index in [1.165, 1.54) is 25.1 Å². The highest BCUT2D eigenvalue weighted by Gasteiger charge is 2.30. The molecule has 0 bridgehead atoms. The number of hydrogen-bond donors (Lipinski definition) is 2. The minimum Gasteiger partial charge on any atom is -0.356 e. The summed E-state index contributed by atoms with van der Waals surface area (Å²) in [5.41, 5.74) is -0.292. The molecule has 1 aromatic rings. The molecule has 0 fully saturated rings. The Morgan fingerprint density at radius 2 is 1.81 bits per heavy atom.